The zero-order valence-corrected chi connectivity index (χ0v) is 23.3. The first-order valence-corrected chi connectivity index (χ1v) is 13.3. The maximum atomic E-state index is 12.4. The van der Waals surface area contributed by atoms with E-state index in [1.807, 2.05) is 7.05 Å². The molecule has 0 atom stereocenters. The molecule has 2 aliphatic rings. The number of ether oxygens (including phenoxy) is 1. The largest absolute Gasteiger partial charge is 0.383 e. The van der Waals surface area contributed by atoms with Crippen LogP contribution in [0.3, 0.4) is 0 Å². The van der Waals surface area contributed by atoms with Crippen LogP contribution in [0.1, 0.15) is 60.4 Å². The maximum Gasteiger partial charge on any atom is 0.253 e. The second kappa shape index (κ2) is 11.7. The Morgan fingerprint density at radius 1 is 1.19 bits per heavy atom. The summed E-state index contributed by atoms with van der Waals surface area (Å²) in [5, 5.41) is 11.2. The first-order valence-electron chi connectivity index (χ1n) is 13.3. The minimum Gasteiger partial charge on any atom is -0.383 e. The Labute approximate surface area is 220 Å². The van der Waals surface area contributed by atoms with Gasteiger partial charge in [0.25, 0.3) is 5.91 Å². The van der Waals surface area contributed by atoms with E-state index in [1.165, 1.54) is 18.2 Å². The van der Waals surface area contributed by atoms with Gasteiger partial charge in [-0.3, -0.25) is 9.69 Å². The molecular weight excluding hydrogens is 468 g/mol. The smallest absolute Gasteiger partial charge is 0.253 e. The van der Waals surface area contributed by atoms with Crippen molar-refractivity contribution in [2.45, 2.75) is 59.5 Å². The van der Waals surface area contributed by atoms with E-state index in [0.717, 1.165) is 62.9 Å². The number of likely N-dealkylation sites (tertiary alicyclic amines) is 1. The van der Waals surface area contributed by atoms with E-state index in [2.05, 4.69) is 57.9 Å². The normalized spacial score (nSPS) is 18.3. The van der Waals surface area contributed by atoms with Crippen molar-refractivity contribution in [3.8, 4) is 0 Å². The fourth-order valence-electron chi connectivity index (χ4n) is 5.34. The molecular formula is C27H42N8O2. The molecule has 0 radical (unpaired) electrons. The van der Waals surface area contributed by atoms with Gasteiger partial charge in [0.1, 0.15) is 0 Å². The van der Waals surface area contributed by atoms with Gasteiger partial charge >= 0.3 is 0 Å². The summed E-state index contributed by atoms with van der Waals surface area (Å²) in [6.07, 6.45) is 4.65. The molecule has 4 rings (SSSR count). The van der Waals surface area contributed by atoms with Crippen LogP contribution in [0.25, 0.3) is 0 Å². The molecule has 2 aromatic heterocycles. The van der Waals surface area contributed by atoms with Gasteiger partial charge in [-0.05, 0) is 51.1 Å². The molecule has 2 aromatic rings. The number of anilines is 2. The third-order valence-electron chi connectivity index (χ3n) is 7.70. The quantitative estimate of drug-likeness (QED) is 0.510. The number of nitrogens with zero attached hydrogens (tertiary/aromatic N) is 7. The number of hydrogen-bond acceptors (Lipinski definition) is 9. The third-order valence-corrected chi connectivity index (χ3v) is 7.70. The molecule has 0 spiro atoms. The number of carbonyl (C=O) groups is 1. The maximum absolute atomic E-state index is 12.4. The topological polar surface area (TPSA) is 99.6 Å². The summed E-state index contributed by atoms with van der Waals surface area (Å²) >= 11 is 0. The Balaban J connectivity index is 1.35. The van der Waals surface area contributed by atoms with Gasteiger partial charge in [0.05, 0.1) is 18.4 Å². The molecule has 2 fully saturated rings. The van der Waals surface area contributed by atoms with E-state index in [-0.39, 0.29) is 5.91 Å². The fraction of sp³-hybridized carbons (Fsp3) is 0.667. The van der Waals surface area contributed by atoms with Gasteiger partial charge < -0.3 is 19.9 Å². The van der Waals surface area contributed by atoms with Crippen molar-refractivity contribution in [3.05, 3.63) is 34.8 Å². The standard InChI is InChI=1S/C27H42N8O2/c1-19-23(17-34-13-9-27(3,4)18-34)20(2)31-26(30-19)35-11-7-22(8-12-35)33(5)24-15-21(16-29-32-24)25(36)28-10-14-37-6/h15-16,22H,7-14,17-18H2,1-6H3,(H,28,36). The number of nitrogens with one attached hydrogen (secondary N) is 1. The van der Waals surface area contributed by atoms with Gasteiger partial charge in [-0.1, -0.05) is 13.8 Å². The van der Waals surface area contributed by atoms with Crippen LogP contribution >= 0.6 is 0 Å². The van der Waals surface area contributed by atoms with E-state index >= 15 is 0 Å². The minimum atomic E-state index is -0.170. The van der Waals surface area contributed by atoms with Crippen LogP contribution < -0.4 is 15.1 Å². The van der Waals surface area contributed by atoms with Crippen LogP contribution in [0.2, 0.25) is 0 Å². The summed E-state index contributed by atoms with van der Waals surface area (Å²) in [4.78, 5) is 29.2. The first kappa shape index (κ1) is 27.2. The summed E-state index contributed by atoms with van der Waals surface area (Å²) in [7, 11) is 3.63. The summed E-state index contributed by atoms with van der Waals surface area (Å²) in [5.41, 5.74) is 4.33. The van der Waals surface area contributed by atoms with Gasteiger partial charge in [0.2, 0.25) is 5.95 Å². The highest BCUT2D eigenvalue weighted by Crippen LogP contribution is 2.31. The van der Waals surface area contributed by atoms with E-state index < -0.39 is 0 Å². The Morgan fingerprint density at radius 2 is 1.89 bits per heavy atom. The molecule has 202 valence electrons. The van der Waals surface area contributed by atoms with Gasteiger partial charge in [-0.25, -0.2) is 9.97 Å². The minimum absolute atomic E-state index is 0.170. The highest BCUT2D eigenvalue weighted by Gasteiger charge is 2.30. The van der Waals surface area contributed by atoms with Gasteiger partial charge in [-0.15, -0.1) is 5.10 Å². The summed E-state index contributed by atoms with van der Waals surface area (Å²) < 4.78 is 5.00. The van der Waals surface area contributed by atoms with Crippen LogP contribution in [-0.2, 0) is 11.3 Å². The lowest BCUT2D eigenvalue weighted by Crippen LogP contribution is -2.44. The Bertz CT molecular complexity index is 1060. The van der Waals surface area contributed by atoms with E-state index in [4.69, 9.17) is 14.7 Å². The third kappa shape index (κ3) is 6.73. The predicted molar refractivity (Wildman–Crippen MR) is 145 cm³/mol. The van der Waals surface area contributed by atoms with Crippen molar-refractivity contribution < 1.29 is 9.53 Å². The molecule has 37 heavy (non-hydrogen) atoms. The first-order chi connectivity index (χ1) is 17.7. The second-order valence-electron chi connectivity index (χ2n) is 11.2. The van der Waals surface area contributed by atoms with Crippen molar-refractivity contribution in [1.29, 1.82) is 0 Å². The monoisotopic (exact) mass is 510 g/mol. The van der Waals surface area contributed by atoms with Gasteiger partial charge in [0, 0.05) is 69.9 Å². The molecule has 2 saturated heterocycles. The number of aryl methyl sites for hydroxylation is 2. The van der Waals surface area contributed by atoms with Crippen molar-refractivity contribution in [2.24, 2.45) is 5.41 Å². The summed E-state index contributed by atoms with van der Waals surface area (Å²) in [6, 6.07) is 2.11. The lowest BCUT2D eigenvalue weighted by molar-refractivity contribution is 0.0936. The zero-order chi connectivity index (χ0) is 26.6. The van der Waals surface area contributed by atoms with Crippen molar-refractivity contribution in [1.82, 2.24) is 30.4 Å². The number of piperidine rings is 1. The SMILES string of the molecule is COCCNC(=O)c1cnnc(N(C)C2CCN(c3nc(C)c(CN4CCC(C)(C)C4)c(C)n3)CC2)c1. The van der Waals surface area contributed by atoms with Crippen molar-refractivity contribution >= 4 is 17.7 Å². The van der Waals surface area contributed by atoms with E-state index in [9.17, 15) is 4.79 Å². The Kier molecular flexibility index (Phi) is 8.59. The molecule has 1 N–H and O–H groups in total. The molecule has 0 bridgehead atoms. The van der Waals surface area contributed by atoms with Crippen LogP contribution in [0, 0.1) is 19.3 Å². The molecule has 10 nitrogen and oxygen atoms in total. The molecule has 0 aliphatic carbocycles. The number of carbonyl (C=O) groups excluding carboxylic acids is 1. The Morgan fingerprint density at radius 3 is 2.51 bits per heavy atom. The number of methoxy groups -OCH3 is 1. The number of rotatable bonds is 9. The number of aromatic nitrogens is 4. The summed E-state index contributed by atoms with van der Waals surface area (Å²) in [6.45, 7) is 14.8. The molecule has 0 aromatic carbocycles. The van der Waals surface area contributed by atoms with Crippen molar-refractivity contribution in [2.75, 3.05) is 63.3 Å². The summed E-state index contributed by atoms with van der Waals surface area (Å²) in [5.74, 6) is 1.36. The number of hydrogen-bond donors (Lipinski definition) is 1. The molecule has 0 saturated carbocycles. The Hall–Kier alpha value is -2.85. The fourth-order valence-corrected chi connectivity index (χ4v) is 5.34. The molecule has 10 heteroatoms. The molecule has 0 unspecified atom stereocenters. The highest BCUT2D eigenvalue weighted by molar-refractivity contribution is 5.94. The number of amides is 1. The van der Waals surface area contributed by atoms with Crippen LogP contribution in [0.15, 0.2) is 12.3 Å². The lowest BCUT2D eigenvalue weighted by Gasteiger charge is -2.37. The van der Waals surface area contributed by atoms with E-state index in [0.29, 0.717) is 36.0 Å². The molecule has 4 heterocycles. The average Bonchev–Trinajstić information content (AvgIpc) is 3.24. The average molecular weight is 511 g/mol. The van der Waals surface area contributed by atoms with Crippen molar-refractivity contribution in [3.63, 3.8) is 0 Å². The van der Waals surface area contributed by atoms with Crippen LogP contribution in [-0.4, -0.2) is 90.5 Å². The predicted octanol–water partition coefficient (Wildman–Crippen LogP) is 2.60. The van der Waals surface area contributed by atoms with Gasteiger partial charge in [-0.2, -0.15) is 5.10 Å². The lowest BCUT2D eigenvalue weighted by atomic mass is 9.93. The van der Waals surface area contributed by atoms with Gasteiger partial charge in [0.15, 0.2) is 5.82 Å². The molecule has 1 amide bonds. The second-order valence-corrected chi connectivity index (χ2v) is 11.2. The highest BCUT2D eigenvalue weighted by atomic mass is 16.5. The van der Waals surface area contributed by atoms with Crippen LogP contribution in [0.5, 0.6) is 0 Å². The zero-order valence-electron chi connectivity index (χ0n) is 23.3. The van der Waals surface area contributed by atoms with E-state index in [1.54, 1.807) is 13.2 Å². The van der Waals surface area contributed by atoms with Crippen LogP contribution in [0.4, 0.5) is 11.8 Å². The molecule has 2 aliphatic heterocycles.